The van der Waals surface area contributed by atoms with Crippen molar-refractivity contribution >= 4 is 17.5 Å². The van der Waals surface area contributed by atoms with E-state index in [1.165, 1.54) is 29.8 Å². The summed E-state index contributed by atoms with van der Waals surface area (Å²) in [7, 11) is 0. The molecule has 1 heterocycles. The number of hydrogen-bond donors (Lipinski definition) is 0. The fourth-order valence-electron chi connectivity index (χ4n) is 3.07. The van der Waals surface area contributed by atoms with Crippen molar-refractivity contribution < 1.29 is 14.0 Å². The average molecular weight is 340 g/mol. The predicted octanol–water partition coefficient (Wildman–Crippen LogP) is 3.27. The summed E-state index contributed by atoms with van der Waals surface area (Å²) in [5.41, 5.74) is 2.46. The summed E-state index contributed by atoms with van der Waals surface area (Å²) in [4.78, 5) is 28.6. The maximum Gasteiger partial charge on any atom is 0.254 e. The third kappa shape index (κ3) is 3.40. The van der Waals surface area contributed by atoms with E-state index >= 15 is 0 Å². The molecule has 0 aliphatic carbocycles. The fraction of sp³-hybridized carbons (Fsp3) is 0.300. The molecule has 25 heavy (non-hydrogen) atoms. The van der Waals surface area contributed by atoms with Crippen LogP contribution in [0, 0.1) is 5.82 Å². The number of aryl methyl sites for hydroxylation is 1. The lowest BCUT2D eigenvalue weighted by Crippen LogP contribution is -2.57. The minimum Gasteiger partial charge on any atom is -0.325 e. The topological polar surface area (TPSA) is 40.6 Å². The monoisotopic (exact) mass is 340 g/mol. The third-order valence-corrected chi connectivity index (χ3v) is 4.66. The molecule has 1 aliphatic heterocycles. The van der Waals surface area contributed by atoms with Gasteiger partial charge >= 0.3 is 0 Å². The van der Waals surface area contributed by atoms with Crippen LogP contribution in [0.2, 0.25) is 0 Å². The predicted molar refractivity (Wildman–Crippen MR) is 95.1 cm³/mol. The standard InChI is InChI=1S/C20H21FN2O2/c1-3-15-4-10-18(11-5-15)23-13-12-22(14(2)19(23)24)20(25)16-6-8-17(21)9-7-16/h4-11,14H,3,12-13H2,1-2H3/t14-/m1/s1. The largest absolute Gasteiger partial charge is 0.325 e. The molecule has 1 aliphatic rings. The number of carbonyl (C=O) groups is 2. The van der Waals surface area contributed by atoms with Crippen LogP contribution in [0.4, 0.5) is 10.1 Å². The quantitative estimate of drug-likeness (QED) is 0.860. The number of rotatable bonds is 3. The Labute approximate surface area is 146 Å². The van der Waals surface area contributed by atoms with Gasteiger partial charge in [0.2, 0.25) is 5.91 Å². The highest BCUT2D eigenvalue weighted by Crippen LogP contribution is 2.22. The van der Waals surface area contributed by atoms with Crippen molar-refractivity contribution in [2.24, 2.45) is 0 Å². The van der Waals surface area contributed by atoms with Crippen LogP contribution in [0.25, 0.3) is 0 Å². The van der Waals surface area contributed by atoms with E-state index in [1.807, 2.05) is 24.3 Å². The van der Waals surface area contributed by atoms with Crippen LogP contribution in [0.5, 0.6) is 0 Å². The first-order valence-electron chi connectivity index (χ1n) is 8.48. The first-order valence-corrected chi connectivity index (χ1v) is 8.48. The number of benzene rings is 2. The number of hydrogen-bond acceptors (Lipinski definition) is 2. The van der Waals surface area contributed by atoms with E-state index in [4.69, 9.17) is 0 Å². The molecule has 0 saturated carbocycles. The number of anilines is 1. The maximum atomic E-state index is 13.0. The number of nitrogens with zero attached hydrogens (tertiary/aromatic N) is 2. The molecule has 0 N–H and O–H groups in total. The van der Waals surface area contributed by atoms with Crippen LogP contribution >= 0.6 is 0 Å². The molecule has 0 unspecified atom stereocenters. The van der Waals surface area contributed by atoms with Gasteiger partial charge in [0.1, 0.15) is 11.9 Å². The van der Waals surface area contributed by atoms with Gasteiger partial charge in [0.15, 0.2) is 0 Å². The molecule has 4 nitrogen and oxygen atoms in total. The van der Waals surface area contributed by atoms with E-state index in [0.29, 0.717) is 18.7 Å². The molecule has 2 amide bonds. The van der Waals surface area contributed by atoms with Crippen LogP contribution in [0.3, 0.4) is 0 Å². The fourth-order valence-corrected chi connectivity index (χ4v) is 3.07. The number of halogens is 1. The molecular formula is C20H21FN2O2. The number of piperazine rings is 1. The van der Waals surface area contributed by atoms with Crippen molar-refractivity contribution in [3.63, 3.8) is 0 Å². The van der Waals surface area contributed by atoms with Gasteiger partial charge in [-0.15, -0.1) is 0 Å². The summed E-state index contributed by atoms with van der Waals surface area (Å²) >= 11 is 0. The second-order valence-electron chi connectivity index (χ2n) is 6.19. The second-order valence-corrected chi connectivity index (χ2v) is 6.19. The van der Waals surface area contributed by atoms with Gasteiger partial charge in [-0.2, -0.15) is 0 Å². The van der Waals surface area contributed by atoms with Gasteiger partial charge in [-0.05, 0) is 55.3 Å². The lowest BCUT2D eigenvalue weighted by atomic mass is 10.1. The highest BCUT2D eigenvalue weighted by atomic mass is 19.1. The molecule has 0 bridgehead atoms. The average Bonchev–Trinajstić information content (AvgIpc) is 2.64. The van der Waals surface area contributed by atoms with E-state index in [9.17, 15) is 14.0 Å². The van der Waals surface area contributed by atoms with Gasteiger partial charge in [0.05, 0.1) is 0 Å². The zero-order valence-corrected chi connectivity index (χ0v) is 14.4. The van der Waals surface area contributed by atoms with Gasteiger partial charge in [-0.1, -0.05) is 19.1 Å². The van der Waals surface area contributed by atoms with E-state index in [-0.39, 0.29) is 17.6 Å². The van der Waals surface area contributed by atoms with Crippen LogP contribution in [0.15, 0.2) is 48.5 Å². The van der Waals surface area contributed by atoms with Gasteiger partial charge in [0.25, 0.3) is 5.91 Å². The smallest absolute Gasteiger partial charge is 0.254 e. The first-order chi connectivity index (χ1) is 12.0. The highest BCUT2D eigenvalue weighted by molar-refractivity contribution is 6.03. The number of carbonyl (C=O) groups excluding carboxylic acids is 2. The van der Waals surface area contributed by atoms with Gasteiger partial charge in [-0.25, -0.2) is 4.39 Å². The van der Waals surface area contributed by atoms with Crippen molar-refractivity contribution in [2.75, 3.05) is 18.0 Å². The minimum absolute atomic E-state index is 0.106. The third-order valence-electron chi connectivity index (χ3n) is 4.66. The molecule has 0 aromatic heterocycles. The number of amides is 2. The Hall–Kier alpha value is -2.69. The lowest BCUT2D eigenvalue weighted by molar-refractivity contribution is -0.124. The van der Waals surface area contributed by atoms with Crippen LogP contribution in [-0.2, 0) is 11.2 Å². The maximum absolute atomic E-state index is 13.0. The summed E-state index contributed by atoms with van der Waals surface area (Å²) in [5, 5.41) is 0. The Bertz CT molecular complexity index is 771. The summed E-state index contributed by atoms with van der Waals surface area (Å²) in [6, 6.07) is 12.8. The zero-order valence-electron chi connectivity index (χ0n) is 14.4. The molecule has 1 fully saturated rings. The molecule has 2 aromatic rings. The van der Waals surface area contributed by atoms with Gasteiger partial charge < -0.3 is 9.80 Å². The van der Waals surface area contributed by atoms with E-state index in [2.05, 4.69) is 6.92 Å². The Morgan fingerprint density at radius 2 is 1.72 bits per heavy atom. The normalized spacial score (nSPS) is 17.7. The Balaban J connectivity index is 1.76. The van der Waals surface area contributed by atoms with E-state index in [0.717, 1.165) is 12.1 Å². The van der Waals surface area contributed by atoms with Crippen LogP contribution < -0.4 is 4.90 Å². The summed E-state index contributed by atoms with van der Waals surface area (Å²) in [6.45, 7) is 4.71. The van der Waals surface area contributed by atoms with Gasteiger partial charge in [0, 0.05) is 24.3 Å². The second kappa shape index (κ2) is 7.05. The molecule has 2 aromatic carbocycles. The van der Waals surface area contributed by atoms with Crippen LogP contribution in [-0.4, -0.2) is 35.8 Å². The lowest BCUT2D eigenvalue weighted by Gasteiger charge is -2.39. The van der Waals surface area contributed by atoms with Crippen molar-refractivity contribution in [3.05, 3.63) is 65.5 Å². The summed E-state index contributed by atoms with van der Waals surface area (Å²) < 4.78 is 13.0. The Morgan fingerprint density at radius 1 is 1.08 bits per heavy atom. The summed E-state index contributed by atoms with van der Waals surface area (Å²) in [5.74, 6) is -0.742. The summed E-state index contributed by atoms with van der Waals surface area (Å²) in [6.07, 6.45) is 0.949. The van der Waals surface area contributed by atoms with Crippen LogP contribution in [0.1, 0.15) is 29.8 Å². The van der Waals surface area contributed by atoms with Crippen molar-refractivity contribution in [3.8, 4) is 0 Å². The van der Waals surface area contributed by atoms with E-state index < -0.39 is 6.04 Å². The Kier molecular flexibility index (Phi) is 4.83. The van der Waals surface area contributed by atoms with Crippen molar-refractivity contribution in [2.45, 2.75) is 26.3 Å². The van der Waals surface area contributed by atoms with Crippen molar-refractivity contribution in [1.82, 2.24) is 4.90 Å². The molecule has 3 rings (SSSR count). The molecule has 0 spiro atoms. The zero-order chi connectivity index (χ0) is 18.0. The molecule has 1 atom stereocenters. The molecule has 1 saturated heterocycles. The Morgan fingerprint density at radius 3 is 2.32 bits per heavy atom. The molecule has 5 heteroatoms. The molecule has 0 radical (unpaired) electrons. The van der Waals surface area contributed by atoms with Gasteiger partial charge in [-0.3, -0.25) is 9.59 Å². The molecule has 130 valence electrons. The minimum atomic E-state index is -0.558. The van der Waals surface area contributed by atoms with E-state index in [1.54, 1.807) is 16.7 Å². The first kappa shape index (κ1) is 17.1. The highest BCUT2D eigenvalue weighted by Gasteiger charge is 2.35. The molecular weight excluding hydrogens is 319 g/mol. The van der Waals surface area contributed by atoms with Crippen molar-refractivity contribution in [1.29, 1.82) is 0 Å². The SMILES string of the molecule is CCc1ccc(N2CCN(C(=O)c3ccc(F)cc3)[C@H](C)C2=O)cc1.